The lowest BCUT2D eigenvalue weighted by Crippen LogP contribution is -2.15. The second-order valence-electron chi connectivity index (χ2n) is 6.74. The second-order valence-corrected chi connectivity index (χ2v) is 6.74. The molecule has 0 N–H and O–H groups in total. The number of hydrogen-bond donors (Lipinski definition) is 0. The first-order valence-electron chi connectivity index (χ1n) is 8.47. The monoisotopic (exact) mass is 266 g/mol. The quantitative estimate of drug-likeness (QED) is 0.644. The van der Waals surface area contributed by atoms with E-state index >= 15 is 0 Å². The Labute approximate surface area is 122 Å². The molecule has 0 aromatic heterocycles. The maximum atomic E-state index is 4.88. The molecular weight excluding hydrogens is 242 g/mol. The Morgan fingerprint density at radius 2 is 1.60 bits per heavy atom. The highest BCUT2D eigenvalue weighted by Crippen LogP contribution is 2.51. The maximum absolute atomic E-state index is 4.88. The summed E-state index contributed by atoms with van der Waals surface area (Å²) in [6.07, 6.45) is 12.7. The van der Waals surface area contributed by atoms with Gasteiger partial charge in [-0.25, -0.2) is 0 Å². The van der Waals surface area contributed by atoms with Crippen LogP contribution in [0.1, 0.15) is 63.4 Å². The molecule has 0 amide bonds. The maximum Gasteiger partial charge on any atom is 0.0708 e. The molecule has 1 unspecified atom stereocenters. The molecule has 1 aromatic rings. The SMILES string of the molecule is c1ccc2c(c1)[N]C1=C2C(C2CCCCCCC2)CC1. The third-order valence-corrected chi connectivity index (χ3v) is 5.54. The summed E-state index contributed by atoms with van der Waals surface area (Å²) < 4.78 is 0. The van der Waals surface area contributed by atoms with Crippen molar-refractivity contribution in [3.05, 3.63) is 35.5 Å². The van der Waals surface area contributed by atoms with Crippen molar-refractivity contribution in [3.8, 4) is 0 Å². The number of hydrogen-bond acceptors (Lipinski definition) is 0. The summed E-state index contributed by atoms with van der Waals surface area (Å²) in [6, 6.07) is 8.78. The molecule has 105 valence electrons. The van der Waals surface area contributed by atoms with Gasteiger partial charge in [-0.1, -0.05) is 50.3 Å². The van der Waals surface area contributed by atoms with E-state index in [4.69, 9.17) is 5.32 Å². The molecule has 2 aliphatic carbocycles. The van der Waals surface area contributed by atoms with E-state index < -0.39 is 0 Å². The minimum Gasteiger partial charge on any atom is -0.253 e. The Morgan fingerprint density at radius 3 is 2.45 bits per heavy atom. The van der Waals surface area contributed by atoms with Gasteiger partial charge in [0.1, 0.15) is 0 Å². The smallest absolute Gasteiger partial charge is 0.0708 e. The van der Waals surface area contributed by atoms with E-state index in [1.54, 1.807) is 5.57 Å². The van der Waals surface area contributed by atoms with Crippen LogP contribution in [0.25, 0.3) is 5.57 Å². The summed E-state index contributed by atoms with van der Waals surface area (Å²) >= 11 is 0. The second kappa shape index (κ2) is 5.27. The van der Waals surface area contributed by atoms with Gasteiger partial charge in [-0.2, -0.15) is 0 Å². The summed E-state index contributed by atoms with van der Waals surface area (Å²) in [4.78, 5) is 0. The van der Waals surface area contributed by atoms with Gasteiger partial charge in [0.05, 0.1) is 5.69 Å². The van der Waals surface area contributed by atoms with Crippen LogP contribution in [0, 0.1) is 11.8 Å². The number of benzene rings is 1. The zero-order valence-electron chi connectivity index (χ0n) is 12.3. The largest absolute Gasteiger partial charge is 0.253 e. The predicted octanol–water partition coefficient (Wildman–Crippen LogP) is 5.42. The first kappa shape index (κ1) is 12.5. The van der Waals surface area contributed by atoms with Gasteiger partial charge in [0, 0.05) is 11.3 Å². The molecular formula is C19H24N. The Hall–Kier alpha value is -1.24. The standard InChI is InChI=1S/C19H24N/c1-2-4-8-14(9-5-3-1)15-12-13-18-19(15)16-10-6-7-11-17(16)20-18/h6-7,10-11,14-15H,1-5,8-9,12-13H2. The van der Waals surface area contributed by atoms with E-state index in [2.05, 4.69) is 24.3 Å². The lowest BCUT2D eigenvalue weighted by atomic mass is 9.77. The van der Waals surface area contributed by atoms with Crippen LogP contribution in [0.15, 0.2) is 30.0 Å². The Kier molecular flexibility index (Phi) is 3.29. The van der Waals surface area contributed by atoms with Crippen molar-refractivity contribution in [2.75, 3.05) is 0 Å². The van der Waals surface area contributed by atoms with Crippen molar-refractivity contribution in [1.82, 2.24) is 5.32 Å². The van der Waals surface area contributed by atoms with Crippen molar-refractivity contribution < 1.29 is 0 Å². The van der Waals surface area contributed by atoms with E-state index in [-0.39, 0.29) is 0 Å². The van der Waals surface area contributed by atoms with Gasteiger partial charge in [-0.3, -0.25) is 5.32 Å². The van der Waals surface area contributed by atoms with Crippen LogP contribution >= 0.6 is 0 Å². The zero-order chi connectivity index (χ0) is 13.4. The summed E-state index contributed by atoms with van der Waals surface area (Å²) in [5, 5.41) is 4.88. The van der Waals surface area contributed by atoms with Gasteiger partial charge in [0.15, 0.2) is 0 Å². The fraction of sp³-hybridized carbons (Fsp3) is 0.579. The molecule has 1 aromatic carbocycles. The molecule has 1 heteroatoms. The van der Waals surface area contributed by atoms with E-state index in [1.807, 2.05) is 0 Å². The number of allylic oxidation sites excluding steroid dienone is 2. The fourth-order valence-corrected chi connectivity index (χ4v) is 4.56. The average molecular weight is 266 g/mol. The molecule has 1 heterocycles. The van der Waals surface area contributed by atoms with E-state index in [0.717, 1.165) is 11.8 Å². The molecule has 1 atom stereocenters. The molecule has 3 aliphatic rings. The number of rotatable bonds is 1. The number of fused-ring (bicyclic) bond motifs is 2. The fourth-order valence-electron chi connectivity index (χ4n) is 4.56. The van der Waals surface area contributed by atoms with Gasteiger partial charge in [-0.15, -0.1) is 0 Å². The van der Waals surface area contributed by atoms with E-state index in [0.29, 0.717) is 0 Å². The molecule has 1 radical (unpaired) electrons. The van der Waals surface area contributed by atoms with Crippen LogP contribution in [0.3, 0.4) is 0 Å². The van der Waals surface area contributed by atoms with E-state index in [9.17, 15) is 0 Å². The summed E-state index contributed by atoms with van der Waals surface area (Å²) in [5.41, 5.74) is 5.73. The Balaban J connectivity index is 1.60. The highest BCUT2D eigenvalue weighted by molar-refractivity contribution is 5.84. The molecule has 1 fully saturated rings. The molecule has 0 bridgehead atoms. The van der Waals surface area contributed by atoms with Gasteiger partial charge >= 0.3 is 0 Å². The highest BCUT2D eigenvalue weighted by Gasteiger charge is 2.37. The number of para-hydroxylation sites is 1. The van der Waals surface area contributed by atoms with Gasteiger partial charge in [0.2, 0.25) is 0 Å². The Bertz CT molecular complexity index is 520. The summed E-state index contributed by atoms with van der Waals surface area (Å²) in [7, 11) is 0. The third-order valence-electron chi connectivity index (χ3n) is 5.54. The normalized spacial score (nSPS) is 26.7. The minimum absolute atomic E-state index is 0.801. The minimum atomic E-state index is 0.801. The predicted molar refractivity (Wildman–Crippen MR) is 83.7 cm³/mol. The molecule has 1 aliphatic heterocycles. The van der Waals surface area contributed by atoms with Crippen LogP contribution in [0.5, 0.6) is 0 Å². The summed E-state index contributed by atoms with van der Waals surface area (Å²) in [6.45, 7) is 0. The lowest BCUT2D eigenvalue weighted by Gasteiger charge is -2.27. The molecule has 0 spiro atoms. The third kappa shape index (κ3) is 2.08. The first-order chi connectivity index (χ1) is 9.93. The van der Waals surface area contributed by atoms with Crippen LogP contribution in [-0.2, 0) is 0 Å². The van der Waals surface area contributed by atoms with Crippen LogP contribution in [0.4, 0.5) is 5.69 Å². The Morgan fingerprint density at radius 1 is 0.850 bits per heavy atom. The van der Waals surface area contributed by atoms with Gasteiger partial charge in [-0.05, 0) is 49.2 Å². The first-order valence-corrected chi connectivity index (χ1v) is 8.47. The molecule has 20 heavy (non-hydrogen) atoms. The van der Waals surface area contributed by atoms with Crippen molar-refractivity contribution in [2.45, 2.75) is 57.8 Å². The zero-order valence-corrected chi connectivity index (χ0v) is 12.3. The van der Waals surface area contributed by atoms with Gasteiger partial charge in [0.25, 0.3) is 0 Å². The van der Waals surface area contributed by atoms with Gasteiger partial charge < -0.3 is 0 Å². The van der Waals surface area contributed by atoms with Crippen molar-refractivity contribution >= 4 is 11.3 Å². The van der Waals surface area contributed by atoms with Crippen LogP contribution in [0.2, 0.25) is 0 Å². The van der Waals surface area contributed by atoms with Crippen molar-refractivity contribution in [3.63, 3.8) is 0 Å². The van der Waals surface area contributed by atoms with Crippen molar-refractivity contribution in [2.24, 2.45) is 11.8 Å². The highest BCUT2D eigenvalue weighted by atomic mass is 14.9. The molecule has 1 saturated carbocycles. The molecule has 4 rings (SSSR count). The lowest BCUT2D eigenvalue weighted by molar-refractivity contribution is 0.308. The number of nitrogens with zero attached hydrogens (tertiary/aromatic N) is 1. The van der Waals surface area contributed by atoms with E-state index in [1.165, 1.54) is 74.7 Å². The van der Waals surface area contributed by atoms with Crippen molar-refractivity contribution in [1.29, 1.82) is 0 Å². The topological polar surface area (TPSA) is 14.1 Å². The molecule has 0 saturated heterocycles. The summed E-state index contributed by atoms with van der Waals surface area (Å²) in [5.74, 6) is 1.72. The van der Waals surface area contributed by atoms with Crippen LogP contribution < -0.4 is 5.32 Å². The van der Waals surface area contributed by atoms with Crippen LogP contribution in [-0.4, -0.2) is 0 Å². The average Bonchev–Trinajstić information content (AvgIpc) is 2.97. The molecule has 1 nitrogen and oxygen atoms in total.